The minimum Gasteiger partial charge on any atom is -0.378 e. The Balaban J connectivity index is 2.70. The molecule has 3 heteroatoms. The fourth-order valence-electron chi connectivity index (χ4n) is 2.87. The first kappa shape index (κ1) is 13.9. The molecule has 1 fully saturated rings. The van der Waals surface area contributed by atoms with E-state index in [0.29, 0.717) is 12.1 Å². The van der Waals surface area contributed by atoms with Gasteiger partial charge >= 0.3 is 0 Å². The van der Waals surface area contributed by atoms with Gasteiger partial charge in [-0.3, -0.25) is 4.90 Å². The van der Waals surface area contributed by atoms with Gasteiger partial charge in [-0.05, 0) is 40.2 Å². The van der Waals surface area contributed by atoms with Crippen molar-refractivity contribution in [1.82, 2.24) is 4.90 Å². The Labute approximate surface area is 100 Å². The largest absolute Gasteiger partial charge is 0.378 e. The van der Waals surface area contributed by atoms with E-state index in [0.717, 1.165) is 26.0 Å². The Morgan fingerprint density at radius 2 is 2.25 bits per heavy atom. The summed E-state index contributed by atoms with van der Waals surface area (Å²) in [6.45, 7) is 8.29. The topological polar surface area (TPSA) is 38.5 Å². The molecular formula is C13H28N2O. The van der Waals surface area contributed by atoms with Gasteiger partial charge in [0.15, 0.2) is 0 Å². The number of ether oxygens (including phenoxy) is 1. The highest BCUT2D eigenvalue weighted by Gasteiger charge is 2.39. The minimum absolute atomic E-state index is 0.159. The Bertz CT molecular complexity index is 210. The van der Waals surface area contributed by atoms with Gasteiger partial charge in [0.25, 0.3) is 0 Å². The zero-order valence-corrected chi connectivity index (χ0v) is 11.3. The van der Waals surface area contributed by atoms with Crippen LogP contribution in [0.4, 0.5) is 0 Å². The molecule has 3 nitrogen and oxygen atoms in total. The molecule has 96 valence electrons. The Morgan fingerprint density at radius 1 is 1.56 bits per heavy atom. The van der Waals surface area contributed by atoms with Crippen molar-refractivity contribution < 1.29 is 4.74 Å². The maximum Gasteiger partial charge on any atom is 0.0565 e. The van der Waals surface area contributed by atoms with Gasteiger partial charge in [0.05, 0.1) is 6.10 Å². The zero-order chi connectivity index (χ0) is 12.2. The van der Waals surface area contributed by atoms with Crippen molar-refractivity contribution >= 4 is 0 Å². The first-order valence-corrected chi connectivity index (χ1v) is 6.60. The van der Waals surface area contributed by atoms with E-state index in [-0.39, 0.29) is 5.54 Å². The molecule has 1 heterocycles. The smallest absolute Gasteiger partial charge is 0.0565 e. The van der Waals surface area contributed by atoms with Gasteiger partial charge < -0.3 is 10.5 Å². The second-order valence-corrected chi connectivity index (χ2v) is 5.31. The summed E-state index contributed by atoms with van der Waals surface area (Å²) >= 11 is 0. The van der Waals surface area contributed by atoms with Gasteiger partial charge in [-0.25, -0.2) is 0 Å². The van der Waals surface area contributed by atoms with Crippen LogP contribution in [0.5, 0.6) is 0 Å². The number of hydrogen-bond donors (Lipinski definition) is 1. The van der Waals surface area contributed by atoms with Crippen LogP contribution in [0.2, 0.25) is 0 Å². The number of rotatable bonds is 5. The normalized spacial score (nSPS) is 33.0. The van der Waals surface area contributed by atoms with E-state index in [1.807, 2.05) is 0 Å². The lowest BCUT2D eigenvalue weighted by molar-refractivity contribution is -0.0668. The first-order chi connectivity index (χ1) is 7.55. The summed E-state index contributed by atoms with van der Waals surface area (Å²) in [4.78, 5) is 2.50. The van der Waals surface area contributed by atoms with E-state index in [1.54, 1.807) is 0 Å². The molecule has 0 aromatic rings. The van der Waals surface area contributed by atoms with Crippen LogP contribution in [0.3, 0.4) is 0 Å². The minimum atomic E-state index is 0.159. The van der Waals surface area contributed by atoms with Gasteiger partial charge in [0.2, 0.25) is 0 Å². The summed E-state index contributed by atoms with van der Waals surface area (Å²) in [5.41, 5.74) is 6.20. The molecule has 1 aliphatic heterocycles. The summed E-state index contributed by atoms with van der Waals surface area (Å²) < 4.78 is 5.64. The third kappa shape index (κ3) is 2.96. The molecule has 3 unspecified atom stereocenters. The third-order valence-corrected chi connectivity index (χ3v) is 4.13. The molecule has 2 N–H and O–H groups in total. The van der Waals surface area contributed by atoms with Crippen molar-refractivity contribution in [2.75, 3.05) is 20.2 Å². The predicted molar refractivity (Wildman–Crippen MR) is 68.6 cm³/mol. The molecule has 0 saturated carbocycles. The molecule has 1 aliphatic rings. The molecule has 16 heavy (non-hydrogen) atoms. The third-order valence-electron chi connectivity index (χ3n) is 4.13. The molecule has 0 amide bonds. The van der Waals surface area contributed by atoms with E-state index < -0.39 is 0 Å². The van der Waals surface area contributed by atoms with Gasteiger partial charge in [0, 0.05) is 24.7 Å². The van der Waals surface area contributed by atoms with Crippen LogP contribution >= 0.6 is 0 Å². The van der Waals surface area contributed by atoms with E-state index in [2.05, 4.69) is 32.7 Å². The van der Waals surface area contributed by atoms with Crippen molar-refractivity contribution in [3.8, 4) is 0 Å². The van der Waals surface area contributed by atoms with Gasteiger partial charge in [-0.15, -0.1) is 0 Å². The van der Waals surface area contributed by atoms with Crippen LogP contribution in [0.25, 0.3) is 0 Å². The molecule has 0 spiro atoms. The van der Waals surface area contributed by atoms with Gasteiger partial charge in [-0.1, -0.05) is 13.3 Å². The predicted octanol–water partition coefficient (Wildman–Crippen LogP) is 2.00. The van der Waals surface area contributed by atoms with E-state index in [9.17, 15) is 0 Å². The molecule has 0 aliphatic carbocycles. The molecule has 0 aromatic heterocycles. The first-order valence-electron chi connectivity index (χ1n) is 6.60. The Kier molecular flexibility index (Phi) is 5.22. The van der Waals surface area contributed by atoms with Crippen molar-refractivity contribution in [2.24, 2.45) is 5.73 Å². The van der Waals surface area contributed by atoms with Crippen LogP contribution in [0.1, 0.15) is 46.5 Å². The van der Waals surface area contributed by atoms with E-state index >= 15 is 0 Å². The summed E-state index contributed by atoms with van der Waals surface area (Å²) in [7, 11) is 2.23. The standard InChI is InChI=1S/C13H28N2O/c1-5-6-11(2)15(4)13(10-14)7-8-16-12(3)9-13/h11-12H,5-10,14H2,1-4H3. The highest BCUT2D eigenvalue weighted by Crippen LogP contribution is 2.31. The lowest BCUT2D eigenvalue weighted by atomic mass is 9.84. The van der Waals surface area contributed by atoms with Gasteiger partial charge in [-0.2, -0.15) is 0 Å². The highest BCUT2D eigenvalue weighted by molar-refractivity contribution is 4.96. The fourth-order valence-corrected chi connectivity index (χ4v) is 2.87. The summed E-state index contributed by atoms with van der Waals surface area (Å²) in [6, 6.07) is 0.610. The van der Waals surface area contributed by atoms with Crippen LogP contribution < -0.4 is 5.73 Å². The molecule has 0 aromatic carbocycles. The Morgan fingerprint density at radius 3 is 2.75 bits per heavy atom. The molecule has 3 atom stereocenters. The summed E-state index contributed by atoms with van der Waals surface area (Å²) in [5.74, 6) is 0. The summed E-state index contributed by atoms with van der Waals surface area (Å²) in [6.07, 6.45) is 4.95. The fraction of sp³-hybridized carbons (Fsp3) is 1.00. The number of nitrogens with zero attached hydrogens (tertiary/aromatic N) is 1. The highest BCUT2D eigenvalue weighted by atomic mass is 16.5. The lowest BCUT2D eigenvalue weighted by Crippen LogP contribution is -2.59. The van der Waals surface area contributed by atoms with Crippen LogP contribution in [0.15, 0.2) is 0 Å². The second-order valence-electron chi connectivity index (χ2n) is 5.31. The zero-order valence-electron chi connectivity index (χ0n) is 11.3. The monoisotopic (exact) mass is 228 g/mol. The average molecular weight is 228 g/mol. The quantitative estimate of drug-likeness (QED) is 0.782. The van der Waals surface area contributed by atoms with E-state index in [4.69, 9.17) is 10.5 Å². The molecule has 1 saturated heterocycles. The molecule has 1 rings (SSSR count). The maximum absolute atomic E-state index is 6.04. The number of likely N-dealkylation sites (N-methyl/N-ethyl adjacent to an activating group) is 1. The molecule has 0 bridgehead atoms. The van der Waals surface area contributed by atoms with Crippen LogP contribution in [-0.2, 0) is 4.74 Å². The Hall–Kier alpha value is -0.120. The average Bonchev–Trinajstić information content (AvgIpc) is 2.28. The number of nitrogens with two attached hydrogens (primary N) is 1. The van der Waals surface area contributed by atoms with Crippen molar-refractivity contribution in [1.29, 1.82) is 0 Å². The van der Waals surface area contributed by atoms with Gasteiger partial charge in [0.1, 0.15) is 0 Å². The summed E-state index contributed by atoms with van der Waals surface area (Å²) in [5, 5.41) is 0. The van der Waals surface area contributed by atoms with Crippen molar-refractivity contribution in [2.45, 2.75) is 64.1 Å². The molecule has 0 radical (unpaired) electrons. The SMILES string of the molecule is CCCC(C)N(C)C1(CN)CCOC(C)C1. The van der Waals surface area contributed by atoms with Crippen LogP contribution in [-0.4, -0.2) is 42.8 Å². The second kappa shape index (κ2) is 5.99. The maximum atomic E-state index is 6.04. The number of hydrogen-bond acceptors (Lipinski definition) is 3. The lowest BCUT2D eigenvalue weighted by Gasteiger charge is -2.48. The molecular weight excluding hydrogens is 200 g/mol. The van der Waals surface area contributed by atoms with E-state index in [1.165, 1.54) is 12.8 Å². The van der Waals surface area contributed by atoms with Crippen LogP contribution in [0, 0.1) is 0 Å². The van der Waals surface area contributed by atoms with Crippen molar-refractivity contribution in [3.63, 3.8) is 0 Å². The van der Waals surface area contributed by atoms with Crippen molar-refractivity contribution in [3.05, 3.63) is 0 Å².